The SMILES string of the molecule is CC1CCC(NS(=O)(=O)c2ccc(N3CC[C@](O)(C(N)=O)C3)c([N+](=O)[O-])c2)CC1. The van der Waals surface area contributed by atoms with Crippen LogP contribution < -0.4 is 15.4 Å². The Morgan fingerprint density at radius 2 is 2.00 bits per heavy atom. The number of nitrogens with zero attached hydrogens (tertiary/aromatic N) is 2. The molecule has 0 aromatic heterocycles. The van der Waals surface area contributed by atoms with Gasteiger partial charge in [-0.3, -0.25) is 14.9 Å². The van der Waals surface area contributed by atoms with Gasteiger partial charge in [-0.2, -0.15) is 0 Å². The fourth-order valence-electron chi connectivity index (χ4n) is 3.95. The standard InChI is InChI=1S/C18H26N4O6S/c1-12-2-4-13(5-3-12)20-29(27,28)14-6-7-15(16(10-14)22(25)26)21-9-8-18(24,11-21)17(19)23/h6-7,10,12-13,20,24H,2-5,8-9,11H2,1H3,(H2,19,23)/t12?,13?,18-/m1/s1. The fraction of sp³-hybridized carbons (Fsp3) is 0.611. The van der Waals surface area contributed by atoms with Crippen molar-refractivity contribution < 1.29 is 23.2 Å². The van der Waals surface area contributed by atoms with Crippen molar-refractivity contribution in [3.05, 3.63) is 28.3 Å². The number of nitro groups is 1. The minimum atomic E-state index is -3.91. The number of benzene rings is 1. The Balaban J connectivity index is 1.84. The molecule has 11 heteroatoms. The number of rotatable bonds is 6. The van der Waals surface area contributed by atoms with Crippen molar-refractivity contribution in [3.8, 4) is 0 Å². The van der Waals surface area contributed by atoms with Gasteiger partial charge in [0, 0.05) is 25.1 Å². The summed E-state index contributed by atoms with van der Waals surface area (Å²) in [6.07, 6.45) is 3.38. The molecule has 1 amide bonds. The van der Waals surface area contributed by atoms with Gasteiger partial charge in [0.1, 0.15) is 5.69 Å². The molecule has 1 aromatic carbocycles. The van der Waals surface area contributed by atoms with Crippen LogP contribution in [0.1, 0.15) is 39.0 Å². The van der Waals surface area contributed by atoms with Crippen LogP contribution in [0, 0.1) is 16.0 Å². The highest BCUT2D eigenvalue weighted by Crippen LogP contribution is 2.35. The molecular weight excluding hydrogens is 400 g/mol. The van der Waals surface area contributed by atoms with Crippen molar-refractivity contribution in [2.45, 2.75) is 55.6 Å². The molecule has 1 aliphatic heterocycles. The van der Waals surface area contributed by atoms with Crippen LogP contribution >= 0.6 is 0 Å². The van der Waals surface area contributed by atoms with E-state index in [1.165, 1.54) is 17.0 Å². The number of hydrogen-bond acceptors (Lipinski definition) is 7. The Labute approximate surface area is 169 Å². The number of nitrogens with one attached hydrogen (secondary N) is 1. The van der Waals surface area contributed by atoms with Gasteiger partial charge in [0.2, 0.25) is 10.0 Å². The number of sulfonamides is 1. The fourth-order valence-corrected chi connectivity index (χ4v) is 5.27. The zero-order valence-corrected chi connectivity index (χ0v) is 17.0. The van der Waals surface area contributed by atoms with Crippen molar-refractivity contribution >= 4 is 27.3 Å². The second-order valence-corrected chi connectivity index (χ2v) is 9.77. The predicted molar refractivity (Wildman–Crippen MR) is 106 cm³/mol. The van der Waals surface area contributed by atoms with Gasteiger partial charge in [-0.05, 0) is 43.7 Å². The van der Waals surface area contributed by atoms with Gasteiger partial charge in [0.15, 0.2) is 5.60 Å². The quantitative estimate of drug-likeness (QED) is 0.450. The van der Waals surface area contributed by atoms with Crippen LogP contribution in [0.3, 0.4) is 0 Å². The maximum atomic E-state index is 12.7. The number of aliphatic hydroxyl groups is 1. The van der Waals surface area contributed by atoms with E-state index in [2.05, 4.69) is 11.6 Å². The van der Waals surface area contributed by atoms with Crippen LogP contribution in [0.15, 0.2) is 23.1 Å². The third-order valence-electron chi connectivity index (χ3n) is 5.84. The summed E-state index contributed by atoms with van der Waals surface area (Å²) in [6, 6.07) is 3.48. The second kappa shape index (κ2) is 7.88. The number of anilines is 1. The van der Waals surface area contributed by atoms with Crippen molar-refractivity contribution in [2.24, 2.45) is 11.7 Å². The highest BCUT2D eigenvalue weighted by molar-refractivity contribution is 7.89. The number of carbonyl (C=O) groups excluding carboxylic acids is 1. The molecule has 1 aromatic rings. The first-order valence-electron chi connectivity index (χ1n) is 9.60. The normalized spacial score (nSPS) is 27.7. The van der Waals surface area contributed by atoms with Gasteiger partial charge >= 0.3 is 0 Å². The lowest BCUT2D eigenvalue weighted by Gasteiger charge is -2.26. The van der Waals surface area contributed by atoms with E-state index < -0.39 is 32.1 Å². The largest absolute Gasteiger partial charge is 0.378 e. The highest BCUT2D eigenvalue weighted by atomic mass is 32.2. The molecular formula is C18H26N4O6S. The highest BCUT2D eigenvalue weighted by Gasteiger charge is 2.43. The van der Waals surface area contributed by atoms with E-state index in [-0.39, 0.29) is 36.1 Å². The summed E-state index contributed by atoms with van der Waals surface area (Å²) < 4.78 is 28.1. The first-order chi connectivity index (χ1) is 13.5. The van der Waals surface area contributed by atoms with E-state index in [0.29, 0.717) is 5.92 Å². The average molecular weight is 426 g/mol. The molecule has 1 saturated carbocycles. The van der Waals surface area contributed by atoms with Crippen LogP contribution in [0.25, 0.3) is 0 Å². The Bertz CT molecular complexity index is 913. The Kier molecular flexibility index (Phi) is 5.84. The number of primary amides is 1. The summed E-state index contributed by atoms with van der Waals surface area (Å²) in [5, 5.41) is 21.8. The van der Waals surface area contributed by atoms with Crippen LogP contribution in [0.2, 0.25) is 0 Å². The zero-order valence-electron chi connectivity index (χ0n) is 16.2. The smallest absolute Gasteiger partial charge is 0.293 e. The van der Waals surface area contributed by atoms with E-state index in [0.717, 1.165) is 31.7 Å². The number of nitrogens with two attached hydrogens (primary N) is 1. The minimum Gasteiger partial charge on any atom is -0.378 e. The molecule has 0 radical (unpaired) electrons. The molecule has 4 N–H and O–H groups in total. The molecule has 29 heavy (non-hydrogen) atoms. The lowest BCUT2D eigenvalue weighted by atomic mass is 9.88. The molecule has 1 heterocycles. The Hall–Kier alpha value is -2.24. The predicted octanol–water partition coefficient (Wildman–Crippen LogP) is 0.878. The second-order valence-electron chi connectivity index (χ2n) is 8.05. The van der Waals surface area contributed by atoms with Gasteiger partial charge in [-0.15, -0.1) is 0 Å². The first kappa shape index (κ1) is 21.5. The van der Waals surface area contributed by atoms with Crippen molar-refractivity contribution in [1.82, 2.24) is 4.72 Å². The zero-order chi connectivity index (χ0) is 21.4. The van der Waals surface area contributed by atoms with Gasteiger partial charge in [0.05, 0.1) is 16.4 Å². The first-order valence-corrected chi connectivity index (χ1v) is 11.1. The summed E-state index contributed by atoms with van der Waals surface area (Å²) in [5.74, 6) is -0.330. The van der Waals surface area contributed by atoms with E-state index in [9.17, 15) is 28.4 Å². The molecule has 2 aliphatic rings. The maximum absolute atomic E-state index is 12.7. The summed E-state index contributed by atoms with van der Waals surface area (Å²) in [4.78, 5) is 23.6. The molecule has 0 spiro atoms. The van der Waals surface area contributed by atoms with Crippen LogP contribution in [0.5, 0.6) is 0 Å². The summed E-state index contributed by atoms with van der Waals surface area (Å²) >= 11 is 0. The van der Waals surface area contributed by atoms with E-state index >= 15 is 0 Å². The van der Waals surface area contributed by atoms with E-state index in [1.807, 2.05) is 0 Å². The van der Waals surface area contributed by atoms with E-state index in [4.69, 9.17) is 5.73 Å². The third-order valence-corrected chi connectivity index (χ3v) is 7.36. The monoisotopic (exact) mass is 426 g/mol. The number of β-amino-alcohol motifs (C(OH)–C–C–N with tert-alkyl or cyclic N) is 1. The topological polar surface area (TPSA) is 156 Å². The molecule has 1 aliphatic carbocycles. The summed E-state index contributed by atoms with van der Waals surface area (Å²) in [7, 11) is -3.91. The van der Waals surface area contributed by atoms with Crippen LogP contribution in [0.4, 0.5) is 11.4 Å². The number of nitro benzene ring substituents is 1. The average Bonchev–Trinajstić information content (AvgIpc) is 3.06. The number of hydrogen-bond donors (Lipinski definition) is 3. The molecule has 10 nitrogen and oxygen atoms in total. The van der Waals surface area contributed by atoms with Gasteiger partial charge in [0.25, 0.3) is 11.6 Å². The Morgan fingerprint density at radius 1 is 1.34 bits per heavy atom. The third kappa shape index (κ3) is 4.51. The van der Waals surface area contributed by atoms with Crippen LogP contribution in [-0.2, 0) is 14.8 Å². The molecule has 0 bridgehead atoms. The molecule has 3 rings (SSSR count). The van der Waals surface area contributed by atoms with Gasteiger partial charge < -0.3 is 15.7 Å². The van der Waals surface area contributed by atoms with Crippen LogP contribution in [-0.4, -0.2) is 49.1 Å². The molecule has 2 fully saturated rings. The Morgan fingerprint density at radius 3 is 2.55 bits per heavy atom. The summed E-state index contributed by atoms with van der Waals surface area (Å²) in [5.41, 5.74) is 3.18. The number of carbonyl (C=O) groups is 1. The number of amides is 1. The minimum absolute atomic E-state index is 0.0429. The van der Waals surface area contributed by atoms with Crippen molar-refractivity contribution in [1.29, 1.82) is 0 Å². The lowest BCUT2D eigenvalue weighted by Crippen LogP contribution is -2.46. The lowest BCUT2D eigenvalue weighted by molar-refractivity contribution is -0.384. The van der Waals surface area contributed by atoms with E-state index in [1.54, 1.807) is 0 Å². The molecule has 0 unspecified atom stereocenters. The van der Waals surface area contributed by atoms with Gasteiger partial charge in [-0.1, -0.05) is 6.92 Å². The van der Waals surface area contributed by atoms with Crippen molar-refractivity contribution in [3.63, 3.8) is 0 Å². The van der Waals surface area contributed by atoms with Crippen molar-refractivity contribution in [2.75, 3.05) is 18.0 Å². The maximum Gasteiger partial charge on any atom is 0.293 e. The van der Waals surface area contributed by atoms with Gasteiger partial charge in [-0.25, -0.2) is 13.1 Å². The molecule has 1 saturated heterocycles. The summed E-state index contributed by atoms with van der Waals surface area (Å²) in [6.45, 7) is 2.13. The molecule has 1 atom stereocenters. The molecule has 160 valence electrons.